The van der Waals surface area contributed by atoms with Gasteiger partial charge in [-0.3, -0.25) is 0 Å². The maximum absolute atomic E-state index is 8.93. The normalized spacial score (nSPS) is 20.0. The van der Waals surface area contributed by atoms with Crippen molar-refractivity contribution >= 4 is 0 Å². The molecule has 2 rings (SSSR count). The van der Waals surface area contributed by atoms with E-state index in [1.807, 2.05) is 18.2 Å². The number of likely N-dealkylation sites (tertiary alicyclic amines) is 1. The Morgan fingerprint density at radius 1 is 1.40 bits per heavy atom. The van der Waals surface area contributed by atoms with E-state index in [0.717, 1.165) is 24.7 Å². The zero-order valence-electron chi connectivity index (χ0n) is 12.7. The van der Waals surface area contributed by atoms with Crippen LogP contribution in [0.15, 0.2) is 24.3 Å². The quantitative estimate of drug-likeness (QED) is 0.825. The van der Waals surface area contributed by atoms with Gasteiger partial charge in [0.25, 0.3) is 0 Å². The fourth-order valence-corrected chi connectivity index (χ4v) is 3.01. The second kappa shape index (κ2) is 7.42. The zero-order chi connectivity index (χ0) is 14.4. The first-order valence-corrected chi connectivity index (χ1v) is 7.57. The number of piperidine rings is 1. The molecule has 0 bridgehead atoms. The Hall–Kier alpha value is -1.37. The lowest BCUT2D eigenvalue weighted by Gasteiger charge is -2.33. The van der Waals surface area contributed by atoms with Gasteiger partial charge in [-0.25, -0.2) is 0 Å². The molecule has 1 fully saturated rings. The van der Waals surface area contributed by atoms with Crippen LogP contribution in [0.1, 0.15) is 36.8 Å². The minimum absolute atomic E-state index is 0.747. The van der Waals surface area contributed by atoms with Crippen molar-refractivity contribution in [1.29, 1.82) is 5.26 Å². The summed E-state index contributed by atoms with van der Waals surface area (Å²) in [6.45, 7) is 3.29. The van der Waals surface area contributed by atoms with Gasteiger partial charge >= 0.3 is 0 Å². The molecule has 1 aliphatic rings. The molecule has 3 heteroatoms. The molecule has 0 aliphatic carbocycles. The Kier molecular flexibility index (Phi) is 5.58. The SMILES string of the molecule is CN(CC[C@@H]1CCCCN1C)Cc1cccc(C#N)c1. The van der Waals surface area contributed by atoms with E-state index in [-0.39, 0.29) is 0 Å². The number of nitrogens with zero attached hydrogens (tertiary/aromatic N) is 3. The van der Waals surface area contributed by atoms with Crippen molar-refractivity contribution in [2.24, 2.45) is 0 Å². The summed E-state index contributed by atoms with van der Waals surface area (Å²) in [7, 11) is 4.42. The first-order chi connectivity index (χ1) is 9.69. The predicted molar refractivity (Wildman–Crippen MR) is 82.4 cm³/mol. The van der Waals surface area contributed by atoms with E-state index >= 15 is 0 Å². The summed E-state index contributed by atoms with van der Waals surface area (Å²) in [5, 5.41) is 8.93. The first kappa shape index (κ1) is 15.0. The van der Waals surface area contributed by atoms with Gasteiger partial charge in [-0.05, 0) is 64.1 Å². The van der Waals surface area contributed by atoms with E-state index in [4.69, 9.17) is 5.26 Å². The Morgan fingerprint density at radius 2 is 2.25 bits per heavy atom. The van der Waals surface area contributed by atoms with Gasteiger partial charge in [0, 0.05) is 12.6 Å². The third-order valence-corrected chi connectivity index (χ3v) is 4.27. The molecule has 0 aromatic heterocycles. The van der Waals surface area contributed by atoms with Crippen LogP contribution in [-0.2, 0) is 6.54 Å². The van der Waals surface area contributed by atoms with Gasteiger partial charge in [0.15, 0.2) is 0 Å². The molecule has 1 aromatic carbocycles. The summed E-state index contributed by atoms with van der Waals surface area (Å²) in [5.41, 5.74) is 1.98. The molecule has 0 amide bonds. The van der Waals surface area contributed by atoms with Crippen LogP contribution in [0.5, 0.6) is 0 Å². The van der Waals surface area contributed by atoms with Crippen molar-refractivity contribution in [3.63, 3.8) is 0 Å². The standard InChI is InChI=1S/C17H25N3/c1-19(11-9-17-8-3-4-10-20(17)2)14-16-7-5-6-15(12-16)13-18/h5-7,12,17H,3-4,8-11,14H2,1-2H3/t17-/m0/s1. The van der Waals surface area contributed by atoms with Crippen LogP contribution in [0, 0.1) is 11.3 Å². The van der Waals surface area contributed by atoms with Crippen molar-refractivity contribution in [3.05, 3.63) is 35.4 Å². The van der Waals surface area contributed by atoms with Crippen molar-refractivity contribution < 1.29 is 0 Å². The van der Waals surface area contributed by atoms with E-state index < -0.39 is 0 Å². The molecule has 0 N–H and O–H groups in total. The van der Waals surface area contributed by atoms with Crippen molar-refractivity contribution in [2.75, 3.05) is 27.2 Å². The van der Waals surface area contributed by atoms with E-state index in [1.165, 1.54) is 37.8 Å². The smallest absolute Gasteiger partial charge is 0.0991 e. The van der Waals surface area contributed by atoms with Crippen LogP contribution in [0.3, 0.4) is 0 Å². The molecule has 3 nitrogen and oxygen atoms in total. The van der Waals surface area contributed by atoms with Crippen LogP contribution < -0.4 is 0 Å². The van der Waals surface area contributed by atoms with E-state index in [0.29, 0.717) is 0 Å². The summed E-state index contributed by atoms with van der Waals surface area (Å²) in [6.07, 6.45) is 5.31. The number of rotatable bonds is 5. The largest absolute Gasteiger partial charge is 0.303 e. The number of hydrogen-bond acceptors (Lipinski definition) is 3. The minimum Gasteiger partial charge on any atom is -0.303 e. The summed E-state index contributed by atoms with van der Waals surface area (Å²) in [6, 6.07) is 10.9. The molecule has 1 aliphatic heterocycles. The van der Waals surface area contributed by atoms with Crippen LogP contribution in [0.25, 0.3) is 0 Å². The Balaban J connectivity index is 1.80. The molecule has 20 heavy (non-hydrogen) atoms. The van der Waals surface area contributed by atoms with Gasteiger partial charge in [0.1, 0.15) is 0 Å². The summed E-state index contributed by atoms with van der Waals surface area (Å²) in [5.74, 6) is 0. The molecule has 1 aromatic rings. The number of benzene rings is 1. The lowest BCUT2D eigenvalue weighted by atomic mass is 10.00. The van der Waals surface area contributed by atoms with Crippen molar-refractivity contribution in [3.8, 4) is 6.07 Å². The molecule has 0 unspecified atom stereocenters. The molecule has 1 heterocycles. The Labute approximate surface area is 122 Å². The Morgan fingerprint density at radius 3 is 3.00 bits per heavy atom. The molecule has 0 saturated carbocycles. The highest BCUT2D eigenvalue weighted by molar-refractivity contribution is 5.32. The lowest BCUT2D eigenvalue weighted by Crippen LogP contribution is -2.38. The average Bonchev–Trinajstić information content (AvgIpc) is 2.46. The number of nitriles is 1. The second-order valence-corrected chi connectivity index (χ2v) is 5.97. The molecule has 0 radical (unpaired) electrons. The maximum Gasteiger partial charge on any atom is 0.0991 e. The molecule has 1 saturated heterocycles. The third kappa shape index (κ3) is 4.33. The highest BCUT2D eigenvalue weighted by Gasteiger charge is 2.18. The summed E-state index contributed by atoms with van der Waals surface area (Å²) >= 11 is 0. The predicted octanol–water partition coefficient (Wildman–Crippen LogP) is 2.86. The third-order valence-electron chi connectivity index (χ3n) is 4.27. The maximum atomic E-state index is 8.93. The molecule has 1 atom stereocenters. The van der Waals surface area contributed by atoms with Gasteiger partial charge < -0.3 is 9.80 Å². The van der Waals surface area contributed by atoms with Gasteiger partial charge in [0.05, 0.1) is 11.6 Å². The minimum atomic E-state index is 0.747. The number of hydrogen-bond donors (Lipinski definition) is 0. The fourth-order valence-electron chi connectivity index (χ4n) is 3.01. The van der Waals surface area contributed by atoms with Gasteiger partial charge in [-0.1, -0.05) is 18.6 Å². The fraction of sp³-hybridized carbons (Fsp3) is 0.588. The van der Waals surface area contributed by atoms with Crippen molar-refractivity contribution in [2.45, 2.75) is 38.3 Å². The molecular weight excluding hydrogens is 246 g/mol. The summed E-state index contributed by atoms with van der Waals surface area (Å²) in [4.78, 5) is 4.87. The molecule has 0 spiro atoms. The zero-order valence-corrected chi connectivity index (χ0v) is 12.7. The van der Waals surface area contributed by atoms with Crippen LogP contribution in [-0.4, -0.2) is 43.0 Å². The summed E-state index contributed by atoms with van der Waals surface area (Å²) < 4.78 is 0. The Bertz CT molecular complexity index is 464. The van der Waals surface area contributed by atoms with Gasteiger partial charge in [-0.15, -0.1) is 0 Å². The van der Waals surface area contributed by atoms with Gasteiger partial charge in [-0.2, -0.15) is 5.26 Å². The topological polar surface area (TPSA) is 30.3 Å². The van der Waals surface area contributed by atoms with Crippen molar-refractivity contribution in [1.82, 2.24) is 9.80 Å². The van der Waals surface area contributed by atoms with Gasteiger partial charge in [0.2, 0.25) is 0 Å². The average molecular weight is 271 g/mol. The van der Waals surface area contributed by atoms with Crippen LogP contribution >= 0.6 is 0 Å². The van der Waals surface area contributed by atoms with E-state index in [1.54, 1.807) is 0 Å². The second-order valence-electron chi connectivity index (χ2n) is 5.97. The van der Waals surface area contributed by atoms with Crippen LogP contribution in [0.2, 0.25) is 0 Å². The molecular formula is C17H25N3. The molecule has 108 valence electrons. The van der Waals surface area contributed by atoms with E-state index in [9.17, 15) is 0 Å². The highest BCUT2D eigenvalue weighted by atomic mass is 15.1. The lowest BCUT2D eigenvalue weighted by molar-refractivity contribution is 0.159. The highest BCUT2D eigenvalue weighted by Crippen LogP contribution is 2.18. The van der Waals surface area contributed by atoms with E-state index in [2.05, 4.69) is 36.0 Å². The first-order valence-electron chi connectivity index (χ1n) is 7.57. The van der Waals surface area contributed by atoms with Crippen LogP contribution in [0.4, 0.5) is 0 Å². The monoisotopic (exact) mass is 271 g/mol.